The molecule has 0 aliphatic heterocycles. The van der Waals surface area contributed by atoms with Gasteiger partial charge in [-0.3, -0.25) is 9.42 Å². The second-order valence-electron chi connectivity index (χ2n) is 3.89. The standard InChI is InChI=1S/C9H14N5O5P/c1-6(17-2)3-18-20(15,16)19-14-5-13-7-8(10)11-4-12-9(7)14/h4-6H,3H2,1-2H3,(H,15,16)(H2,10,11,12). The third kappa shape index (κ3) is 3.23. The molecule has 0 bridgehead atoms. The predicted molar refractivity (Wildman–Crippen MR) is 68.6 cm³/mol. The number of hydrogen-bond donors (Lipinski definition) is 2. The van der Waals surface area contributed by atoms with Gasteiger partial charge < -0.3 is 15.1 Å². The first kappa shape index (κ1) is 14.7. The highest BCUT2D eigenvalue weighted by Crippen LogP contribution is 2.40. The predicted octanol–water partition coefficient (Wildman–Crippen LogP) is -0.0110. The molecule has 0 aliphatic carbocycles. The summed E-state index contributed by atoms with van der Waals surface area (Å²) in [6.45, 7) is 1.58. The lowest BCUT2D eigenvalue weighted by Gasteiger charge is -2.15. The van der Waals surface area contributed by atoms with Crippen LogP contribution in [0.1, 0.15) is 6.92 Å². The maximum Gasteiger partial charge on any atom is 0.546 e. The number of nitrogen functional groups attached to an aromatic ring is 1. The van der Waals surface area contributed by atoms with E-state index in [4.69, 9.17) is 19.6 Å². The van der Waals surface area contributed by atoms with Crippen LogP contribution in [0.2, 0.25) is 0 Å². The molecule has 20 heavy (non-hydrogen) atoms. The Bertz CT molecular complexity index is 647. The Morgan fingerprint density at radius 3 is 2.95 bits per heavy atom. The van der Waals surface area contributed by atoms with E-state index in [1.807, 2.05) is 0 Å². The Hall–Kier alpha value is -1.74. The number of imidazole rings is 1. The normalized spacial score (nSPS) is 15.9. The molecule has 0 aliphatic rings. The SMILES string of the molecule is COC(C)COP(=O)(O)On1cnc2c(N)ncnc21. The number of phosphoric acid groups is 1. The van der Waals surface area contributed by atoms with E-state index in [0.29, 0.717) is 0 Å². The van der Waals surface area contributed by atoms with Crippen LogP contribution in [0.4, 0.5) is 5.82 Å². The van der Waals surface area contributed by atoms with Crippen molar-refractivity contribution in [1.29, 1.82) is 0 Å². The van der Waals surface area contributed by atoms with Crippen LogP contribution < -0.4 is 10.4 Å². The van der Waals surface area contributed by atoms with E-state index in [1.54, 1.807) is 6.92 Å². The van der Waals surface area contributed by atoms with Gasteiger partial charge in [-0.15, -0.1) is 4.73 Å². The van der Waals surface area contributed by atoms with Gasteiger partial charge in [0.15, 0.2) is 11.3 Å². The van der Waals surface area contributed by atoms with Crippen molar-refractivity contribution in [2.24, 2.45) is 0 Å². The van der Waals surface area contributed by atoms with Crippen LogP contribution in [-0.2, 0) is 13.8 Å². The van der Waals surface area contributed by atoms with E-state index in [2.05, 4.69) is 15.0 Å². The number of rotatable bonds is 6. The third-order valence-electron chi connectivity index (χ3n) is 2.40. The number of nitrogens with zero attached hydrogens (tertiary/aromatic N) is 4. The van der Waals surface area contributed by atoms with Gasteiger partial charge in [0.25, 0.3) is 0 Å². The molecule has 0 saturated heterocycles. The van der Waals surface area contributed by atoms with Gasteiger partial charge >= 0.3 is 7.82 Å². The molecule has 2 rings (SSSR count). The van der Waals surface area contributed by atoms with Crippen molar-refractivity contribution < 1.29 is 23.3 Å². The zero-order valence-electron chi connectivity index (χ0n) is 10.8. The molecule has 2 heterocycles. The summed E-state index contributed by atoms with van der Waals surface area (Å²) in [4.78, 5) is 21.1. The molecule has 2 aromatic heterocycles. The van der Waals surface area contributed by atoms with E-state index >= 15 is 0 Å². The topological polar surface area (TPSA) is 135 Å². The molecule has 0 aromatic carbocycles. The molecule has 10 nitrogen and oxygen atoms in total. The Labute approximate surface area is 114 Å². The van der Waals surface area contributed by atoms with E-state index in [-0.39, 0.29) is 29.7 Å². The Kier molecular flexibility index (Phi) is 4.19. The quantitative estimate of drug-likeness (QED) is 0.706. The highest BCUT2D eigenvalue weighted by molar-refractivity contribution is 7.47. The Balaban J connectivity index is 2.15. The Morgan fingerprint density at radius 2 is 2.25 bits per heavy atom. The molecular weight excluding hydrogens is 289 g/mol. The van der Waals surface area contributed by atoms with E-state index in [1.165, 1.54) is 13.4 Å². The minimum Gasteiger partial charge on any atom is -0.382 e. The van der Waals surface area contributed by atoms with Crippen LogP contribution in [0.3, 0.4) is 0 Å². The highest BCUT2D eigenvalue weighted by Gasteiger charge is 2.26. The molecule has 2 aromatic rings. The van der Waals surface area contributed by atoms with Crippen LogP contribution in [-0.4, -0.2) is 44.4 Å². The summed E-state index contributed by atoms with van der Waals surface area (Å²) in [7, 11) is -2.87. The molecule has 2 atom stereocenters. The average Bonchev–Trinajstić information content (AvgIpc) is 2.80. The lowest BCUT2D eigenvalue weighted by molar-refractivity contribution is 0.0492. The second-order valence-corrected chi connectivity index (χ2v) is 5.25. The van der Waals surface area contributed by atoms with Crippen LogP contribution in [0.25, 0.3) is 11.2 Å². The van der Waals surface area contributed by atoms with Crippen LogP contribution in [0, 0.1) is 0 Å². The van der Waals surface area contributed by atoms with Gasteiger partial charge in [0.2, 0.25) is 5.65 Å². The molecule has 0 spiro atoms. The number of methoxy groups -OCH3 is 1. The lowest BCUT2D eigenvalue weighted by Crippen LogP contribution is -2.16. The fourth-order valence-electron chi connectivity index (χ4n) is 1.29. The first-order valence-corrected chi connectivity index (χ1v) is 7.06. The third-order valence-corrected chi connectivity index (χ3v) is 3.26. The molecule has 0 fully saturated rings. The fourth-order valence-corrected chi connectivity index (χ4v) is 2.08. The smallest absolute Gasteiger partial charge is 0.382 e. The summed E-state index contributed by atoms with van der Waals surface area (Å²) in [5, 5.41) is 0. The number of phosphoric ester groups is 1. The molecule has 0 saturated carbocycles. The minimum absolute atomic E-state index is 0.103. The lowest BCUT2D eigenvalue weighted by atomic mass is 10.4. The number of nitrogens with two attached hydrogens (primary N) is 1. The van der Waals surface area contributed by atoms with Crippen LogP contribution in [0.5, 0.6) is 0 Å². The first-order chi connectivity index (χ1) is 9.43. The summed E-state index contributed by atoms with van der Waals surface area (Å²) in [6.07, 6.45) is 1.99. The highest BCUT2D eigenvalue weighted by atomic mass is 31.2. The zero-order chi connectivity index (χ0) is 14.8. The monoisotopic (exact) mass is 303 g/mol. The molecule has 2 unspecified atom stereocenters. The van der Waals surface area contributed by atoms with Crippen molar-refractivity contribution in [3.8, 4) is 0 Å². The summed E-state index contributed by atoms with van der Waals surface area (Å²) >= 11 is 0. The zero-order valence-corrected chi connectivity index (χ0v) is 11.7. The fraction of sp³-hybridized carbons (Fsp3) is 0.444. The molecular formula is C9H14N5O5P. The Morgan fingerprint density at radius 1 is 1.50 bits per heavy atom. The van der Waals surface area contributed by atoms with Crippen molar-refractivity contribution >= 4 is 24.8 Å². The number of ether oxygens (including phenoxy) is 1. The van der Waals surface area contributed by atoms with Gasteiger partial charge in [0.05, 0.1) is 12.7 Å². The molecule has 3 N–H and O–H groups in total. The number of anilines is 1. The van der Waals surface area contributed by atoms with Crippen molar-refractivity contribution in [1.82, 2.24) is 19.7 Å². The van der Waals surface area contributed by atoms with Crippen molar-refractivity contribution in [3.63, 3.8) is 0 Å². The minimum atomic E-state index is -4.33. The number of aromatic nitrogens is 4. The number of fused-ring (bicyclic) bond motifs is 1. The first-order valence-electron chi connectivity index (χ1n) is 5.56. The van der Waals surface area contributed by atoms with Gasteiger partial charge in [-0.1, -0.05) is 0 Å². The van der Waals surface area contributed by atoms with E-state index in [9.17, 15) is 9.46 Å². The van der Waals surface area contributed by atoms with Crippen molar-refractivity contribution in [2.45, 2.75) is 13.0 Å². The molecule has 11 heteroatoms. The van der Waals surface area contributed by atoms with E-state index < -0.39 is 7.82 Å². The maximum atomic E-state index is 11.8. The summed E-state index contributed by atoms with van der Waals surface area (Å²) in [5.41, 5.74) is 6.01. The molecule has 0 amide bonds. The van der Waals surface area contributed by atoms with Gasteiger partial charge in [0.1, 0.15) is 12.7 Å². The van der Waals surface area contributed by atoms with E-state index in [0.717, 1.165) is 11.1 Å². The second kappa shape index (κ2) is 5.71. The van der Waals surface area contributed by atoms with Crippen LogP contribution in [0.15, 0.2) is 12.7 Å². The van der Waals surface area contributed by atoms with Gasteiger partial charge in [-0.05, 0) is 6.92 Å². The maximum absolute atomic E-state index is 11.8. The summed E-state index contributed by atoms with van der Waals surface area (Å²) < 4.78 is 27.2. The summed E-state index contributed by atoms with van der Waals surface area (Å²) in [5.74, 6) is 0.138. The summed E-state index contributed by atoms with van der Waals surface area (Å²) in [6, 6.07) is 0. The largest absolute Gasteiger partial charge is 0.546 e. The number of hydrogen-bond acceptors (Lipinski definition) is 8. The van der Waals surface area contributed by atoms with Gasteiger partial charge in [-0.25, -0.2) is 19.5 Å². The molecule has 0 radical (unpaired) electrons. The van der Waals surface area contributed by atoms with Crippen LogP contribution >= 0.6 is 7.82 Å². The van der Waals surface area contributed by atoms with Gasteiger partial charge in [-0.2, -0.15) is 0 Å². The average molecular weight is 303 g/mol. The van der Waals surface area contributed by atoms with Crippen molar-refractivity contribution in [2.75, 3.05) is 19.5 Å². The molecule has 110 valence electrons. The van der Waals surface area contributed by atoms with Gasteiger partial charge in [0, 0.05) is 7.11 Å². The van der Waals surface area contributed by atoms with Crippen molar-refractivity contribution in [3.05, 3.63) is 12.7 Å².